The lowest BCUT2D eigenvalue weighted by atomic mass is 10.0. The first-order valence-corrected chi connectivity index (χ1v) is 5.89. The van der Waals surface area contributed by atoms with Gasteiger partial charge in [0.05, 0.1) is 0 Å². The summed E-state index contributed by atoms with van der Waals surface area (Å²) in [5.41, 5.74) is 6.35. The molecule has 0 aliphatic carbocycles. The molecule has 0 saturated heterocycles. The molecular formula is C13H20F2N2. The van der Waals surface area contributed by atoms with Crippen molar-refractivity contribution in [2.24, 2.45) is 5.92 Å². The molecule has 1 aromatic carbocycles. The Bertz CT molecular complexity index is 364. The summed E-state index contributed by atoms with van der Waals surface area (Å²) in [4.78, 5) is 0. The molecule has 1 aromatic rings. The molecule has 1 rings (SSSR count). The van der Waals surface area contributed by atoms with Gasteiger partial charge in [0.25, 0.3) is 6.43 Å². The summed E-state index contributed by atoms with van der Waals surface area (Å²) in [6.45, 7) is 6.18. The summed E-state index contributed by atoms with van der Waals surface area (Å²) in [6, 6.07) is 4.79. The highest BCUT2D eigenvalue weighted by Gasteiger charge is 2.17. The van der Waals surface area contributed by atoms with Crippen molar-refractivity contribution >= 4 is 11.4 Å². The maximum Gasteiger partial charge on any atom is 0.265 e. The summed E-state index contributed by atoms with van der Waals surface area (Å²) >= 11 is 0. The summed E-state index contributed by atoms with van der Waals surface area (Å²) < 4.78 is 25.7. The van der Waals surface area contributed by atoms with E-state index in [1.807, 2.05) is 6.92 Å². The van der Waals surface area contributed by atoms with Gasteiger partial charge in [0.1, 0.15) is 0 Å². The third-order valence-corrected chi connectivity index (χ3v) is 2.90. The lowest BCUT2D eigenvalue weighted by molar-refractivity contribution is 0.152. The number of benzene rings is 1. The predicted molar refractivity (Wildman–Crippen MR) is 68.4 cm³/mol. The number of anilines is 2. The van der Waals surface area contributed by atoms with Crippen LogP contribution in [0.2, 0.25) is 0 Å². The van der Waals surface area contributed by atoms with E-state index >= 15 is 0 Å². The van der Waals surface area contributed by atoms with Crippen LogP contribution in [-0.4, -0.2) is 6.04 Å². The van der Waals surface area contributed by atoms with Crippen LogP contribution in [0.25, 0.3) is 0 Å². The highest BCUT2D eigenvalue weighted by atomic mass is 19.3. The van der Waals surface area contributed by atoms with Crippen LogP contribution >= 0.6 is 0 Å². The van der Waals surface area contributed by atoms with Crippen molar-refractivity contribution < 1.29 is 8.78 Å². The van der Waals surface area contributed by atoms with Gasteiger partial charge in [-0.1, -0.05) is 20.8 Å². The maximum atomic E-state index is 12.9. The van der Waals surface area contributed by atoms with Crippen molar-refractivity contribution in [2.45, 2.75) is 39.7 Å². The van der Waals surface area contributed by atoms with E-state index in [-0.39, 0.29) is 11.6 Å². The van der Waals surface area contributed by atoms with Gasteiger partial charge in [0, 0.05) is 23.0 Å². The second-order valence-electron chi connectivity index (χ2n) is 4.55. The monoisotopic (exact) mass is 242 g/mol. The number of halogens is 2. The molecule has 1 atom stereocenters. The third-order valence-electron chi connectivity index (χ3n) is 2.90. The van der Waals surface area contributed by atoms with E-state index in [1.165, 1.54) is 6.07 Å². The van der Waals surface area contributed by atoms with Gasteiger partial charge < -0.3 is 11.1 Å². The van der Waals surface area contributed by atoms with E-state index in [0.717, 1.165) is 6.42 Å². The largest absolute Gasteiger partial charge is 0.399 e. The molecular weight excluding hydrogens is 222 g/mol. The highest BCUT2D eigenvalue weighted by Crippen LogP contribution is 2.30. The Balaban J connectivity index is 2.97. The highest BCUT2D eigenvalue weighted by molar-refractivity contribution is 5.59. The molecule has 17 heavy (non-hydrogen) atoms. The molecule has 0 spiro atoms. The smallest absolute Gasteiger partial charge is 0.265 e. The molecule has 0 aromatic heterocycles. The molecule has 0 aliphatic heterocycles. The first-order valence-electron chi connectivity index (χ1n) is 5.89. The summed E-state index contributed by atoms with van der Waals surface area (Å²) in [5.74, 6) is 0.392. The molecule has 2 nitrogen and oxygen atoms in total. The van der Waals surface area contributed by atoms with Crippen LogP contribution < -0.4 is 11.1 Å². The van der Waals surface area contributed by atoms with Crippen molar-refractivity contribution in [3.63, 3.8) is 0 Å². The Morgan fingerprint density at radius 2 is 1.94 bits per heavy atom. The second-order valence-corrected chi connectivity index (χ2v) is 4.55. The van der Waals surface area contributed by atoms with E-state index in [0.29, 0.717) is 17.3 Å². The minimum Gasteiger partial charge on any atom is -0.399 e. The standard InChI is InChI=1S/C13H20F2N2/c1-4-11(8(2)3)17-12-6-5-9(16)7-10(12)13(14)15/h5-8,11,13,17H,4,16H2,1-3H3. The van der Waals surface area contributed by atoms with E-state index < -0.39 is 6.43 Å². The van der Waals surface area contributed by atoms with Crippen molar-refractivity contribution in [3.8, 4) is 0 Å². The fourth-order valence-electron chi connectivity index (χ4n) is 1.83. The van der Waals surface area contributed by atoms with E-state index in [2.05, 4.69) is 19.2 Å². The van der Waals surface area contributed by atoms with E-state index in [4.69, 9.17) is 5.73 Å². The molecule has 1 unspecified atom stereocenters. The number of nitrogen functional groups attached to an aromatic ring is 1. The van der Waals surface area contributed by atoms with Crippen LogP contribution in [0.4, 0.5) is 20.2 Å². The molecule has 0 aliphatic rings. The van der Waals surface area contributed by atoms with E-state index in [9.17, 15) is 8.78 Å². The summed E-state index contributed by atoms with van der Waals surface area (Å²) in [5, 5.41) is 3.17. The predicted octanol–water partition coefficient (Wildman–Crippen LogP) is 4.05. The average molecular weight is 242 g/mol. The Morgan fingerprint density at radius 1 is 1.29 bits per heavy atom. The Hall–Kier alpha value is -1.32. The topological polar surface area (TPSA) is 38.0 Å². The van der Waals surface area contributed by atoms with Crippen molar-refractivity contribution in [2.75, 3.05) is 11.1 Å². The zero-order valence-electron chi connectivity index (χ0n) is 10.5. The zero-order chi connectivity index (χ0) is 13.0. The zero-order valence-corrected chi connectivity index (χ0v) is 10.5. The molecule has 0 bridgehead atoms. The van der Waals surface area contributed by atoms with Crippen LogP contribution in [0.3, 0.4) is 0 Å². The SMILES string of the molecule is CCC(Nc1ccc(N)cc1C(F)F)C(C)C. The Morgan fingerprint density at radius 3 is 2.41 bits per heavy atom. The molecule has 4 heteroatoms. The van der Waals surface area contributed by atoms with Crippen LogP contribution in [0.5, 0.6) is 0 Å². The van der Waals surface area contributed by atoms with Crippen LogP contribution in [0.15, 0.2) is 18.2 Å². The quantitative estimate of drug-likeness (QED) is 0.764. The van der Waals surface area contributed by atoms with Gasteiger partial charge in [-0.15, -0.1) is 0 Å². The Kier molecular flexibility index (Phi) is 4.73. The number of nitrogens with two attached hydrogens (primary N) is 1. The molecule has 0 fully saturated rings. The first kappa shape index (κ1) is 13.7. The molecule has 0 radical (unpaired) electrons. The fraction of sp³-hybridized carbons (Fsp3) is 0.538. The second kappa shape index (κ2) is 5.84. The first-order chi connectivity index (χ1) is 7.95. The molecule has 96 valence electrons. The lowest BCUT2D eigenvalue weighted by Gasteiger charge is -2.23. The van der Waals surface area contributed by atoms with Gasteiger partial charge in [0.2, 0.25) is 0 Å². The van der Waals surface area contributed by atoms with Gasteiger partial charge in [-0.05, 0) is 30.5 Å². The molecule has 0 amide bonds. The maximum absolute atomic E-state index is 12.9. The average Bonchev–Trinajstić information content (AvgIpc) is 2.26. The van der Waals surface area contributed by atoms with Crippen LogP contribution in [0, 0.1) is 5.92 Å². The van der Waals surface area contributed by atoms with Gasteiger partial charge in [-0.25, -0.2) is 8.78 Å². The van der Waals surface area contributed by atoms with Crippen molar-refractivity contribution in [1.29, 1.82) is 0 Å². The lowest BCUT2D eigenvalue weighted by Crippen LogP contribution is -2.25. The summed E-state index contributed by atoms with van der Waals surface area (Å²) in [6.07, 6.45) is -1.62. The Labute approximate surface area is 101 Å². The number of hydrogen-bond acceptors (Lipinski definition) is 2. The number of nitrogens with one attached hydrogen (secondary N) is 1. The third kappa shape index (κ3) is 3.58. The van der Waals surface area contributed by atoms with Gasteiger partial charge >= 0.3 is 0 Å². The van der Waals surface area contributed by atoms with Crippen LogP contribution in [0.1, 0.15) is 39.2 Å². The van der Waals surface area contributed by atoms with Gasteiger partial charge in [-0.2, -0.15) is 0 Å². The molecule has 0 saturated carbocycles. The fourth-order valence-corrected chi connectivity index (χ4v) is 1.83. The van der Waals surface area contributed by atoms with Crippen molar-refractivity contribution in [1.82, 2.24) is 0 Å². The summed E-state index contributed by atoms with van der Waals surface area (Å²) in [7, 11) is 0. The van der Waals surface area contributed by atoms with Crippen LogP contribution in [-0.2, 0) is 0 Å². The molecule has 3 N–H and O–H groups in total. The normalized spacial score (nSPS) is 13.1. The van der Waals surface area contributed by atoms with Crippen molar-refractivity contribution in [3.05, 3.63) is 23.8 Å². The van der Waals surface area contributed by atoms with E-state index in [1.54, 1.807) is 12.1 Å². The minimum absolute atomic E-state index is 0.0240. The number of hydrogen-bond donors (Lipinski definition) is 2. The molecule has 0 heterocycles. The minimum atomic E-state index is -2.51. The number of alkyl halides is 2. The van der Waals surface area contributed by atoms with Gasteiger partial charge in [0.15, 0.2) is 0 Å². The number of rotatable bonds is 5. The van der Waals surface area contributed by atoms with Gasteiger partial charge in [-0.3, -0.25) is 0 Å².